The molecule has 7 nitrogen and oxygen atoms in total. The first-order valence-corrected chi connectivity index (χ1v) is 8.90. The van der Waals surface area contributed by atoms with Gasteiger partial charge in [0.1, 0.15) is 5.01 Å². The Morgan fingerprint density at radius 2 is 1.92 bits per heavy atom. The minimum atomic E-state index is -0.291. The van der Waals surface area contributed by atoms with Crippen LogP contribution in [0, 0.1) is 0 Å². The van der Waals surface area contributed by atoms with E-state index in [-0.39, 0.29) is 18.4 Å². The molecule has 0 bridgehead atoms. The van der Waals surface area contributed by atoms with Gasteiger partial charge in [-0.1, -0.05) is 30.4 Å². The van der Waals surface area contributed by atoms with E-state index in [9.17, 15) is 9.59 Å². The lowest BCUT2D eigenvalue weighted by Gasteiger charge is -2.12. The van der Waals surface area contributed by atoms with E-state index in [0.29, 0.717) is 23.2 Å². The minimum Gasteiger partial charge on any atom is -0.465 e. The molecule has 0 spiro atoms. The van der Waals surface area contributed by atoms with Crippen molar-refractivity contribution in [3.05, 3.63) is 39.8 Å². The van der Waals surface area contributed by atoms with Crippen LogP contribution in [0.5, 0.6) is 0 Å². The number of ether oxygens (including phenoxy) is 1. The van der Waals surface area contributed by atoms with E-state index in [4.69, 9.17) is 4.74 Å². The fraction of sp³-hybridized carbons (Fsp3) is 0.412. The van der Waals surface area contributed by atoms with Gasteiger partial charge in [-0.2, -0.15) is 0 Å². The summed E-state index contributed by atoms with van der Waals surface area (Å²) in [7, 11) is 1.79. The predicted molar refractivity (Wildman–Crippen MR) is 96.6 cm³/mol. The second-order valence-electron chi connectivity index (χ2n) is 5.48. The van der Waals surface area contributed by atoms with Gasteiger partial charge in [0.2, 0.25) is 5.01 Å². The van der Waals surface area contributed by atoms with E-state index in [2.05, 4.69) is 22.4 Å². The van der Waals surface area contributed by atoms with Gasteiger partial charge in [-0.3, -0.25) is 14.5 Å². The molecule has 1 amide bonds. The van der Waals surface area contributed by atoms with Crippen LogP contribution in [0.1, 0.15) is 34.2 Å². The van der Waals surface area contributed by atoms with E-state index in [0.717, 1.165) is 12.1 Å². The van der Waals surface area contributed by atoms with Crippen molar-refractivity contribution in [1.29, 1.82) is 0 Å². The normalized spacial score (nSPS) is 10.7. The molecule has 0 unspecified atom stereocenters. The van der Waals surface area contributed by atoms with Crippen molar-refractivity contribution < 1.29 is 14.3 Å². The Hall–Kier alpha value is -2.32. The smallest absolute Gasteiger partial charge is 0.320 e. The number of likely N-dealkylation sites (N-methyl/N-ethyl adjacent to an activating group) is 1. The lowest BCUT2D eigenvalue weighted by atomic mass is 10.1. The Balaban J connectivity index is 1.90. The zero-order chi connectivity index (χ0) is 18.2. The lowest BCUT2D eigenvalue weighted by molar-refractivity contribution is -0.144. The molecule has 0 aliphatic carbocycles. The highest BCUT2D eigenvalue weighted by molar-refractivity contribution is 7.13. The van der Waals surface area contributed by atoms with Crippen LogP contribution in [-0.2, 0) is 22.5 Å². The van der Waals surface area contributed by atoms with Gasteiger partial charge in [-0.15, -0.1) is 10.2 Å². The van der Waals surface area contributed by atoms with Crippen molar-refractivity contribution in [2.24, 2.45) is 0 Å². The number of benzene rings is 1. The minimum absolute atomic E-state index is 0.165. The van der Waals surface area contributed by atoms with Crippen LogP contribution in [0.4, 0.5) is 5.69 Å². The number of aromatic nitrogens is 2. The average molecular weight is 362 g/mol. The van der Waals surface area contributed by atoms with E-state index < -0.39 is 0 Å². The second-order valence-corrected chi connectivity index (χ2v) is 6.54. The van der Waals surface area contributed by atoms with Crippen LogP contribution in [0.15, 0.2) is 24.3 Å². The molecule has 1 aromatic heterocycles. The summed E-state index contributed by atoms with van der Waals surface area (Å²) in [6.07, 6.45) is 0.952. The molecule has 0 fully saturated rings. The van der Waals surface area contributed by atoms with Crippen LogP contribution in [0.3, 0.4) is 0 Å². The Morgan fingerprint density at radius 1 is 1.20 bits per heavy atom. The molecule has 8 heteroatoms. The monoisotopic (exact) mass is 362 g/mol. The summed E-state index contributed by atoms with van der Waals surface area (Å²) >= 11 is 1.21. The van der Waals surface area contributed by atoms with Crippen molar-refractivity contribution in [3.8, 4) is 0 Å². The van der Waals surface area contributed by atoms with Gasteiger partial charge in [0.05, 0.1) is 19.7 Å². The molecule has 0 aliphatic rings. The van der Waals surface area contributed by atoms with Gasteiger partial charge in [0.15, 0.2) is 0 Å². The van der Waals surface area contributed by atoms with Crippen molar-refractivity contribution >= 4 is 28.9 Å². The molecule has 2 rings (SSSR count). The molecule has 2 aromatic rings. The molecule has 0 radical (unpaired) electrons. The maximum atomic E-state index is 12.2. The number of aryl methyl sites for hydroxylation is 1. The molecular formula is C17H22N4O3S. The predicted octanol–water partition coefficient (Wildman–Crippen LogP) is 2.35. The number of rotatable bonds is 8. The summed E-state index contributed by atoms with van der Waals surface area (Å²) in [5.41, 5.74) is 1.93. The van der Waals surface area contributed by atoms with Gasteiger partial charge in [-0.05, 0) is 38.1 Å². The largest absolute Gasteiger partial charge is 0.465 e. The van der Waals surface area contributed by atoms with Gasteiger partial charge >= 0.3 is 5.97 Å². The number of carbonyl (C=O) groups excluding carboxylic acids is 2. The Kier molecular flexibility index (Phi) is 7.03. The molecule has 0 aliphatic heterocycles. The average Bonchev–Trinajstić information content (AvgIpc) is 3.04. The molecule has 25 heavy (non-hydrogen) atoms. The van der Waals surface area contributed by atoms with Crippen molar-refractivity contribution in [2.75, 3.05) is 25.5 Å². The first kappa shape index (κ1) is 19.0. The molecule has 1 aromatic carbocycles. The number of carbonyl (C=O) groups is 2. The molecule has 0 atom stereocenters. The van der Waals surface area contributed by atoms with Crippen molar-refractivity contribution in [3.63, 3.8) is 0 Å². The third-order valence-electron chi connectivity index (χ3n) is 3.39. The third kappa shape index (κ3) is 5.91. The maximum Gasteiger partial charge on any atom is 0.320 e. The highest BCUT2D eigenvalue weighted by atomic mass is 32.1. The first-order chi connectivity index (χ1) is 12.0. The quantitative estimate of drug-likeness (QED) is 0.726. The summed E-state index contributed by atoms with van der Waals surface area (Å²) in [5.74, 6) is -0.580. The molecular weight excluding hydrogens is 340 g/mol. The summed E-state index contributed by atoms with van der Waals surface area (Å²) in [6, 6.07) is 7.69. The topological polar surface area (TPSA) is 84.4 Å². The Bertz CT molecular complexity index is 715. The van der Waals surface area contributed by atoms with Crippen LogP contribution < -0.4 is 5.32 Å². The van der Waals surface area contributed by atoms with E-state index >= 15 is 0 Å². The van der Waals surface area contributed by atoms with Gasteiger partial charge in [-0.25, -0.2) is 0 Å². The van der Waals surface area contributed by atoms with E-state index in [1.807, 2.05) is 24.3 Å². The number of hydrogen-bond acceptors (Lipinski definition) is 7. The van der Waals surface area contributed by atoms with Gasteiger partial charge in [0.25, 0.3) is 5.91 Å². The standard InChI is InChI=1S/C17H22N4O3S/c1-4-12-6-8-13(9-7-12)18-16(23)17-20-19-14(25-17)10-21(3)11-15(22)24-5-2/h6-9H,4-5,10-11H2,1-3H3,(H,18,23). The molecule has 1 heterocycles. The van der Waals surface area contributed by atoms with E-state index in [1.165, 1.54) is 16.9 Å². The van der Waals surface area contributed by atoms with Gasteiger partial charge < -0.3 is 10.1 Å². The number of anilines is 1. The fourth-order valence-corrected chi connectivity index (χ4v) is 2.95. The summed E-state index contributed by atoms with van der Waals surface area (Å²) in [5, 5.41) is 11.7. The highest BCUT2D eigenvalue weighted by Gasteiger charge is 2.15. The zero-order valence-corrected chi connectivity index (χ0v) is 15.4. The van der Waals surface area contributed by atoms with Crippen LogP contribution in [-0.4, -0.2) is 47.2 Å². The van der Waals surface area contributed by atoms with E-state index in [1.54, 1.807) is 18.9 Å². The van der Waals surface area contributed by atoms with Crippen LogP contribution in [0.2, 0.25) is 0 Å². The lowest BCUT2D eigenvalue weighted by Crippen LogP contribution is -2.26. The van der Waals surface area contributed by atoms with Gasteiger partial charge in [0, 0.05) is 5.69 Å². The van der Waals surface area contributed by atoms with Crippen molar-refractivity contribution in [1.82, 2.24) is 15.1 Å². The SMILES string of the molecule is CCOC(=O)CN(C)Cc1nnc(C(=O)Nc2ccc(CC)cc2)s1. The number of hydrogen-bond donors (Lipinski definition) is 1. The fourth-order valence-electron chi connectivity index (χ4n) is 2.13. The highest BCUT2D eigenvalue weighted by Crippen LogP contribution is 2.15. The Morgan fingerprint density at radius 3 is 2.56 bits per heavy atom. The number of esters is 1. The molecule has 0 saturated heterocycles. The number of nitrogens with zero attached hydrogens (tertiary/aromatic N) is 3. The summed E-state index contributed by atoms with van der Waals surface area (Å²) in [4.78, 5) is 25.5. The Labute approximate surface area is 151 Å². The molecule has 0 saturated carbocycles. The molecule has 1 N–H and O–H groups in total. The summed E-state index contributed by atoms with van der Waals surface area (Å²) < 4.78 is 4.90. The maximum absolute atomic E-state index is 12.2. The first-order valence-electron chi connectivity index (χ1n) is 8.08. The second kappa shape index (κ2) is 9.24. The summed E-state index contributed by atoms with van der Waals surface area (Å²) in [6.45, 7) is 4.79. The van der Waals surface area contributed by atoms with Crippen LogP contribution >= 0.6 is 11.3 Å². The third-order valence-corrected chi connectivity index (χ3v) is 4.30. The zero-order valence-electron chi connectivity index (χ0n) is 14.6. The number of nitrogens with one attached hydrogen (secondary N) is 1. The van der Waals surface area contributed by atoms with Crippen LogP contribution in [0.25, 0.3) is 0 Å². The molecule has 134 valence electrons. The number of amides is 1. The van der Waals surface area contributed by atoms with Crippen molar-refractivity contribution in [2.45, 2.75) is 26.8 Å².